The molecule has 0 spiro atoms. The molecule has 0 aliphatic heterocycles. The summed E-state index contributed by atoms with van der Waals surface area (Å²) in [7, 11) is 0. The number of ether oxygens (including phenoxy) is 1. The quantitative estimate of drug-likeness (QED) is 0.597. The Balaban J connectivity index is 2.40. The number of aliphatic hydroxyl groups excluding tert-OH is 1. The Hall–Kier alpha value is -1.83. The maximum Gasteiger partial charge on any atom is 0.251 e. The fourth-order valence-electron chi connectivity index (χ4n) is 1.47. The Bertz CT molecular complexity index is 443. The second-order valence-electron chi connectivity index (χ2n) is 3.84. The summed E-state index contributed by atoms with van der Waals surface area (Å²) < 4.78 is 5.19. The van der Waals surface area contributed by atoms with Crippen molar-refractivity contribution in [2.75, 3.05) is 26.4 Å². The molecule has 0 bridgehead atoms. The number of carbonyl (C=O) groups excluding carboxylic acids is 1. The Labute approximate surface area is 113 Å². The van der Waals surface area contributed by atoms with Crippen LogP contribution in [0.3, 0.4) is 0 Å². The Kier molecular flexibility index (Phi) is 7.33. The van der Waals surface area contributed by atoms with E-state index in [2.05, 4.69) is 17.2 Å². The lowest BCUT2D eigenvalue weighted by molar-refractivity contribution is 0.0944. The molecule has 1 rings (SSSR count). The molecule has 0 saturated carbocycles. The van der Waals surface area contributed by atoms with Crippen LogP contribution in [-0.2, 0) is 4.74 Å². The van der Waals surface area contributed by atoms with Gasteiger partial charge in [-0.05, 0) is 37.6 Å². The smallest absolute Gasteiger partial charge is 0.251 e. The van der Waals surface area contributed by atoms with E-state index in [0.717, 1.165) is 12.0 Å². The maximum absolute atomic E-state index is 11.8. The van der Waals surface area contributed by atoms with Crippen LogP contribution < -0.4 is 5.32 Å². The molecule has 0 aliphatic rings. The third-order valence-corrected chi connectivity index (χ3v) is 2.41. The van der Waals surface area contributed by atoms with Crippen LogP contribution in [0.1, 0.15) is 29.3 Å². The molecule has 0 aliphatic carbocycles. The fourth-order valence-corrected chi connectivity index (χ4v) is 1.47. The monoisotopic (exact) mass is 261 g/mol. The summed E-state index contributed by atoms with van der Waals surface area (Å²) in [5.74, 6) is 5.24. The third-order valence-electron chi connectivity index (χ3n) is 2.41. The molecule has 2 N–H and O–H groups in total. The first-order valence-corrected chi connectivity index (χ1v) is 6.33. The molecule has 0 fully saturated rings. The Morgan fingerprint density at radius 2 is 2.11 bits per heavy atom. The van der Waals surface area contributed by atoms with Gasteiger partial charge in [-0.25, -0.2) is 0 Å². The summed E-state index contributed by atoms with van der Waals surface area (Å²) in [5, 5.41) is 11.4. The fraction of sp³-hybridized carbons (Fsp3) is 0.400. The van der Waals surface area contributed by atoms with Crippen molar-refractivity contribution in [2.45, 2.75) is 13.3 Å². The first-order valence-electron chi connectivity index (χ1n) is 6.33. The molecular formula is C15H19NO3. The minimum absolute atomic E-state index is 0.0989. The first-order chi connectivity index (χ1) is 9.27. The van der Waals surface area contributed by atoms with Crippen LogP contribution in [0, 0.1) is 11.8 Å². The Morgan fingerprint density at radius 3 is 2.74 bits per heavy atom. The third kappa shape index (κ3) is 6.05. The minimum atomic E-state index is -0.165. The molecule has 19 heavy (non-hydrogen) atoms. The normalized spacial score (nSPS) is 9.58. The van der Waals surface area contributed by atoms with Gasteiger partial charge in [-0.15, -0.1) is 0 Å². The molecule has 0 aromatic heterocycles. The Morgan fingerprint density at radius 1 is 1.37 bits per heavy atom. The predicted molar refractivity (Wildman–Crippen MR) is 73.8 cm³/mol. The molecule has 0 radical (unpaired) electrons. The van der Waals surface area contributed by atoms with Crippen molar-refractivity contribution in [3.63, 3.8) is 0 Å². The van der Waals surface area contributed by atoms with Gasteiger partial charge in [0.25, 0.3) is 5.91 Å². The zero-order chi connectivity index (χ0) is 13.9. The lowest BCUT2D eigenvalue weighted by Crippen LogP contribution is -2.25. The lowest BCUT2D eigenvalue weighted by Gasteiger charge is -2.05. The average Bonchev–Trinajstić information content (AvgIpc) is 2.45. The van der Waals surface area contributed by atoms with Crippen molar-refractivity contribution >= 4 is 5.91 Å². The van der Waals surface area contributed by atoms with Crippen molar-refractivity contribution in [1.82, 2.24) is 5.32 Å². The molecule has 4 nitrogen and oxygen atoms in total. The average molecular weight is 261 g/mol. The van der Waals surface area contributed by atoms with E-state index in [1.54, 1.807) is 24.3 Å². The van der Waals surface area contributed by atoms with Gasteiger partial charge in [0.15, 0.2) is 0 Å². The van der Waals surface area contributed by atoms with Gasteiger partial charge < -0.3 is 15.2 Å². The highest BCUT2D eigenvalue weighted by Crippen LogP contribution is 2.03. The summed E-state index contributed by atoms with van der Waals surface area (Å²) in [6.45, 7) is 3.74. The number of aliphatic hydroxyl groups is 1. The van der Waals surface area contributed by atoms with Gasteiger partial charge in [0.2, 0.25) is 0 Å². The second kappa shape index (κ2) is 9.15. The number of hydrogen-bond acceptors (Lipinski definition) is 3. The van der Waals surface area contributed by atoms with Gasteiger partial charge in [-0.2, -0.15) is 0 Å². The molecule has 0 heterocycles. The van der Waals surface area contributed by atoms with Crippen molar-refractivity contribution in [1.29, 1.82) is 0 Å². The van der Waals surface area contributed by atoms with Crippen LogP contribution in [0.5, 0.6) is 0 Å². The molecule has 4 heteroatoms. The number of amides is 1. The molecule has 0 atom stereocenters. The van der Waals surface area contributed by atoms with E-state index in [-0.39, 0.29) is 12.5 Å². The van der Waals surface area contributed by atoms with E-state index < -0.39 is 0 Å². The highest BCUT2D eigenvalue weighted by Gasteiger charge is 2.03. The summed E-state index contributed by atoms with van der Waals surface area (Å²) in [6.07, 6.45) is 0.805. The minimum Gasteiger partial charge on any atom is -0.384 e. The van der Waals surface area contributed by atoms with Gasteiger partial charge in [0, 0.05) is 30.9 Å². The summed E-state index contributed by atoms with van der Waals surface area (Å²) in [5.41, 5.74) is 1.38. The molecule has 102 valence electrons. The number of benzene rings is 1. The molecule has 0 unspecified atom stereocenters. The molecule has 1 aromatic rings. The number of rotatable bonds is 6. The van der Waals surface area contributed by atoms with Crippen LogP contribution in [0.2, 0.25) is 0 Å². The van der Waals surface area contributed by atoms with E-state index in [1.165, 1.54) is 0 Å². The zero-order valence-corrected chi connectivity index (χ0v) is 11.1. The number of nitrogens with one attached hydrogen (secondary N) is 1. The second-order valence-corrected chi connectivity index (χ2v) is 3.84. The number of carbonyl (C=O) groups is 1. The largest absolute Gasteiger partial charge is 0.384 e. The lowest BCUT2D eigenvalue weighted by atomic mass is 10.1. The highest BCUT2D eigenvalue weighted by molar-refractivity contribution is 5.94. The van der Waals surface area contributed by atoms with Gasteiger partial charge >= 0.3 is 0 Å². The topological polar surface area (TPSA) is 58.6 Å². The van der Waals surface area contributed by atoms with Gasteiger partial charge in [0.1, 0.15) is 6.61 Å². The van der Waals surface area contributed by atoms with Crippen molar-refractivity contribution in [2.24, 2.45) is 0 Å². The maximum atomic E-state index is 11.8. The summed E-state index contributed by atoms with van der Waals surface area (Å²) in [6, 6.07) is 6.97. The van der Waals surface area contributed by atoms with Crippen molar-refractivity contribution in [3.05, 3.63) is 35.4 Å². The van der Waals surface area contributed by atoms with Crippen LogP contribution in [0.4, 0.5) is 0 Å². The predicted octanol–water partition coefficient (Wildman–Crippen LogP) is 1.19. The highest BCUT2D eigenvalue weighted by atomic mass is 16.5. The van der Waals surface area contributed by atoms with Crippen LogP contribution >= 0.6 is 0 Å². The SMILES string of the molecule is CCOCCCNC(=O)c1ccc(C#CCO)cc1. The van der Waals surface area contributed by atoms with Crippen molar-refractivity contribution in [3.8, 4) is 11.8 Å². The van der Waals surface area contributed by atoms with Gasteiger partial charge in [0.05, 0.1) is 0 Å². The number of hydrogen-bond donors (Lipinski definition) is 2. The summed E-state index contributed by atoms with van der Waals surface area (Å²) >= 11 is 0. The molecule has 1 amide bonds. The zero-order valence-electron chi connectivity index (χ0n) is 11.1. The van der Waals surface area contributed by atoms with Gasteiger partial charge in [-0.1, -0.05) is 11.8 Å². The summed E-state index contributed by atoms with van der Waals surface area (Å²) in [4.78, 5) is 11.8. The van der Waals surface area contributed by atoms with E-state index in [4.69, 9.17) is 9.84 Å². The van der Waals surface area contributed by atoms with E-state index in [0.29, 0.717) is 25.3 Å². The molecule has 1 aromatic carbocycles. The van der Waals surface area contributed by atoms with Gasteiger partial charge in [-0.3, -0.25) is 4.79 Å². The molecular weight excluding hydrogens is 242 g/mol. The van der Waals surface area contributed by atoms with E-state index in [1.807, 2.05) is 6.92 Å². The van der Waals surface area contributed by atoms with Crippen LogP contribution in [-0.4, -0.2) is 37.4 Å². The standard InChI is InChI=1S/C15H19NO3/c1-2-19-12-4-10-16-15(18)14-8-6-13(7-9-14)5-3-11-17/h6-9,17H,2,4,10-12H2,1H3,(H,16,18). The van der Waals surface area contributed by atoms with E-state index in [9.17, 15) is 4.79 Å². The van der Waals surface area contributed by atoms with Crippen LogP contribution in [0.15, 0.2) is 24.3 Å². The van der Waals surface area contributed by atoms with Crippen molar-refractivity contribution < 1.29 is 14.6 Å². The van der Waals surface area contributed by atoms with Crippen LogP contribution in [0.25, 0.3) is 0 Å². The molecule has 0 saturated heterocycles. The first kappa shape index (κ1) is 15.2. The van der Waals surface area contributed by atoms with E-state index >= 15 is 0 Å².